The number of hydrogen-bond donors (Lipinski definition) is 1. The van der Waals surface area contributed by atoms with Gasteiger partial charge in [0.2, 0.25) is 0 Å². The summed E-state index contributed by atoms with van der Waals surface area (Å²) in [7, 11) is 0. The molecule has 0 rings (SSSR count). The Morgan fingerprint density at radius 3 is 2.20 bits per heavy atom. The van der Waals surface area contributed by atoms with E-state index >= 15 is 0 Å². The van der Waals surface area contributed by atoms with Gasteiger partial charge in [0.15, 0.2) is 0 Å². The zero-order valence-electron chi connectivity index (χ0n) is 2.26. The number of carboxylic acid groups (broad SMARTS) is 1. The molecule has 0 aliphatic rings. The van der Waals surface area contributed by atoms with Crippen LogP contribution in [0, 0.1) is 0 Å². The second kappa shape index (κ2) is 2.43. The van der Waals surface area contributed by atoms with Crippen LogP contribution < -0.4 is 0 Å². The van der Waals surface area contributed by atoms with Crippen molar-refractivity contribution in [1.82, 2.24) is 0 Å². The minimum absolute atomic E-state index is 0.274. The first kappa shape index (κ1) is 5.19. The van der Waals surface area contributed by atoms with Crippen LogP contribution in [-0.4, -0.2) is 37.5 Å². The van der Waals surface area contributed by atoms with Crippen LogP contribution in [0.4, 0.5) is 4.79 Å². The predicted octanol–water partition coefficient (Wildman–Crippen LogP) is -0.236. The summed E-state index contributed by atoms with van der Waals surface area (Å²) in [6.07, 6.45) is -1.18. The molecular formula is CHO3Pb. The van der Waals surface area contributed by atoms with Crippen molar-refractivity contribution in [3.05, 3.63) is 0 Å². The van der Waals surface area contributed by atoms with E-state index in [1.54, 1.807) is 0 Å². The van der Waals surface area contributed by atoms with E-state index in [9.17, 15) is 4.79 Å². The fourth-order valence-corrected chi connectivity index (χ4v) is 0. The van der Waals surface area contributed by atoms with Crippen LogP contribution in [0.15, 0.2) is 0 Å². The second-order valence-electron chi connectivity index (χ2n) is 0.368. The van der Waals surface area contributed by atoms with Crippen molar-refractivity contribution in [3.8, 4) is 0 Å². The van der Waals surface area contributed by atoms with Gasteiger partial charge < -0.3 is 0 Å². The van der Waals surface area contributed by atoms with Crippen molar-refractivity contribution in [2.45, 2.75) is 0 Å². The topological polar surface area (TPSA) is 46.5 Å². The van der Waals surface area contributed by atoms with Crippen molar-refractivity contribution in [3.63, 3.8) is 0 Å². The standard InChI is InChI=1S/CH2O3.Pb/c2-1(3)4;/h(H2,2,3,4);/q;+1/p-1. The maximum absolute atomic E-state index is 9.18. The third-order valence-electron chi connectivity index (χ3n) is 0.0873. The van der Waals surface area contributed by atoms with Gasteiger partial charge in [0.05, 0.1) is 0 Å². The Labute approximate surface area is 45.3 Å². The van der Waals surface area contributed by atoms with Crippen molar-refractivity contribution in [2.75, 3.05) is 0 Å². The molecule has 0 aliphatic carbocycles. The van der Waals surface area contributed by atoms with Gasteiger partial charge >= 0.3 is 45.0 Å². The van der Waals surface area contributed by atoms with E-state index in [0.29, 0.717) is 0 Å². The molecule has 0 spiro atoms. The van der Waals surface area contributed by atoms with Gasteiger partial charge in [-0.3, -0.25) is 0 Å². The van der Waals surface area contributed by atoms with E-state index in [1.807, 2.05) is 0 Å². The molecular weight excluding hydrogens is 267 g/mol. The number of rotatable bonds is 0. The van der Waals surface area contributed by atoms with Crippen molar-refractivity contribution in [1.29, 1.82) is 0 Å². The van der Waals surface area contributed by atoms with Gasteiger partial charge in [-0.25, -0.2) is 0 Å². The van der Waals surface area contributed by atoms with Gasteiger partial charge in [0.25, 0.3) is 0 Å². The first-order valence-corrected chi connectivity index (χ1v) is 2.42. The molecule has 0 heterocycles. The minimum atomic E-state index is -1.18. The Balaban J connectivity index is 2.85. The molecule has 5 heavy (non-hydrogen) atoms. The molecule has 0 aromatic rings. The Morgan fingerprint density at radius 2 is 2.20 bits per heavy atom. The normalized spacial score (nSPS) is 6.60. The summed E-state index contributed by atoms with van der Waals surface area (Å²) in [5.41, 5.74) is 0. The van der Waals surface area contributed by atoms with E-state index in [2.05, 4.69) is 2.69 Å². The quantitative estimate of drug-likeness (QED) is 0.617. The van der Waals surface area contributed by atoms with Crippen LogP contribution in [0.5, 0.6) is 0 Å². The van der Waals surface area contributed by atoms with E-state index < -0.39 is 6.16 Å². The zero-order chi connectivity index (χ0) is 4.28. The van der Waals surface area contributed by atoms with Gasteiger partial charge in [-0.15, -0.1) is 0 Å². The molecule has 0 unspecified atom stereocenters. The summed E-state index contributed by atoms with van der Waals surface area (Å²) in [6, 6.07) is 0. The van der Waals surface area contributed by atoms with Crippen LogP contribution in [0.1, 0.15) is 0 Å². The summed E-state index contributed by atoms with van der Waals surface area (Å²) in [5, 5.41) is 7.53. The molecule has 3 nitrogen and oxygen atoms in total. The van der Waals surface area contributed by atoms with E-state index in [4.69, 9.17) is 5.11 Å². The first-order valence-electron chi connectivity index (χ1n) is 0.836. The van der Waals surface area contributed by atoms with Crippen LogP contribution in [0.25, 0.3) is 0 Å². The van der Waals surface area contributed by atoms with E-state index in [1.165, 1.54) is 0 Å². The molecule has 0 aromatic heterocycles. The molecule has 0 atom stereocenters. The summed E-state index contributed by atoms with van der Waals surface area (Å²) in [6.45, 7) is 0. The SMILES string of the molecule is O=C(O)[O][Pb]. The average molecular weight is 268 g/mol. The molecule has 27 valence electrons. The molecule has 0 bridgehead atoms. The van der Waals surface area contributed by atoms with Gasteiger partial charge in [-0.05, 0) is 0 Å². The average Bonchev–Trinajstić information content (AvgIpc) is 1.38. The van der Waals surface area contributed by atoms with Crippen LogP contribution in [0.3, 0.4) is 0 Å². The summed E-state index contributed by atoms with van der Waals surface area (Å²) < 4.78 is 3.81. The van der Waals surface area contributed by atoms with Crippen molar-refractivity contribution < 1.29 is 12.6 Å². The zero-order valence-corrected chi connectivity index (χ0v) is 6.15. The molecule has 3 radical (unpaired) electrons. The Kier molecular flexibility index (Phi) is 2.52. The molecule has 0 aliphatic heterocycles. The van der Waals surface area contributed by atoms with E-state index in [0.717, 1.165) is 0 Å². The van der Waals surface area contributed by atoms with E-state index in [-0.39, 0.29) is 26.2 Å². The summed E-state index contributed by atoms with van der Waals surface area (Å²) in [4.78, 5) is 9.18. The van der Waals surface area contributed by atoms with Gasteiger partial charge in [0.1, 0.15) is 0 Å². The molecule has 1 N–H and O–H groups in total. The molecule has 0 fully saturated rings. The molecule has 0 saturated heterocycles. The van der Waals surface area contributed by atoms with Crippen LogP contribution in [-0.2, 0) is 2.69 Å². The molecule has 0 aromatic carbocycles. The fourth-order valence-electron chi connectivity index (χ4n) is 0. The molecule has 4 heteroatoms. The molecule has 0 saturated carbocycles. The van der Waals surface area contributed by atoms with Crippen LogP contribution in [0.2, 0.25) is 0 Å². The summed E-state index contributed by atoms with van der Waals surface area (Å²) >= 11 is 0.274. The third-order valence-corrected chi connectivity index (χ3v) is 0.766. The Morgan fingerprint density at radius 1 is 2.00 bits per heavy atom. The van der Waals surface area contributed by atoms with Gasteiger partial charge in [-0.1, -0.05) is 0 Å². The third kappa shape index (κ3) is 4.19. The first-order chi connectivity index (χ1) is 2.27. The number of carbonyl (C=O) groups is 1. The van der Waals surface area contributed by atoms with Crippen molar-refractivity contribution in [2.24, 2.45) is 0 Å². The van der Waals surface area contributed by atoms with Crippen LogP contribution >= 0.6 is 0 Å². The Bertz CT molecular complexity index is 42.2. The second-order valence-corrected chi connectivity index (χ2v) is 1.16. The fraction of sp³-hybridized carbons (Fsp3) is 0. The monoisotopic (exact) mass is 269 g/mol. The molecule has 0 amide bonds. The maximum atomic E-state index is 9.18. The Hall–Kier alpha value is 0.192. The van der Waals surface area contributed by atoms with Gasteiger partial charge in [0, 0.05) is 0 Å². The van der Waals surface area contributed by atoms with Gasteiger partial charge in [-0.2, -0.15) is 0 Å². The number of hydrogen-bond acceptors (Lipinski definition) is 2. The van der Waals surface area contributed by atoms with Crippen molar-refractivity contribution >= 4 is 32.4 Å². The summed E-state index contributed by atoms with van der Waals surface area (Å²) in [5.74, 6) is 0. The predicted molar refractivity (Wildman–Crippen MR) is 14.9 cm³/mol.